The summed E-state index contributed by atoms with van der Waals surface area (Å²) in [5, 5.41) is 20.1. The lowest BCUT2D eigenvalue weighted by molar-refractivity contribution is -0.689. The van der Waals surface area contributed by atoms with Crippen molar-refractivity contribution in [2.45, 2.75) is 49.9 Å². The number of hydrogen-bond acceptors (Lipinski definition) is 9. The van der Waals surface area contributed by atoms with Crippen molar-refractivity contribution in [2.75, 3.05) is 30.3 Å². The maximum atomic E-state index is 15.2. The van der Waals surface area contributed by atoms with Gasteiger partial charge in [0.05, 0.1) is 36.5 Å². The van der Waals surface area contributed by atoms with Crippen LogP contribution in [0.2, 0.25) is 0 Å². The summed E-state index contributed by atoms with van der Waals surface area (Å²) in [5.74, 6) is -2.69. The van der Waals surface area contributed by atoms with Gasteiger partial charge in [-0.15, -0.1) is 11.8 Å². The molecule has 2 aromatic rings. The Morgan fingerprint density at radius 2 is 1.98 bits per heavy atom. The molecule has 1 aromatic heterocycles. The van der Waals surface area contributed by atoms with Crippen LogP contribution in [-0.4, -0.2) is 83.6 Å². The van der Waals surface area contributed by atoms with E-state index in [0.717, 1.165) is 13.0 Å². The molecule has 13 nitrogen and oxygen atoms in total. The predicted octanol–water partition coefficient (Wildman–Crippen LogP) is -0.603. The van der Waals surface area contributed by atoms with E-state index < -0.39 is 41.3 Å². The topological polar surface area (TPSA) is 164 Å². The molecular weight excluding hydrogens is 607 g/mol. The summed E-state index contributed by atoms with van der Waals surface area (Å²) in [6.07, 6.45) is 3.75. The summed E-state index contributed by atoms with van der Waals surface area (Å²) in [7, 11) is 0. The molecular formula is C30H31FN6O7S. The molecule has 0 bridgehead atoms. The number of β-lactam (4-membered cyclic amide) rings is 1. The predicted molar refractivity (Wildman–Crippen MR) is 156 cm³/mol. The number of benzene rings is 1. The van der Waals surface area contributed by atoms with Gasteiger partial charge in [-0.25, -0.2) is 13.8 Å². The number of aliphatic carboxylic acids is 1. The second kappa shape index (κ2) is 12.5. The first-order chi connectivity index (χ1) is 21.6. The second-order valence-electron chi connectivity index (χ2n) is 11.3. The van der Waals surface area contributed by atoms with Crippen molar-refractivity contribution in [1.82, 2.24) is 20.9 Å². The van der Waals surface area contributed by atoms with E-state index in [1.807, 2.05) is 0 Å². The number of carboxylic acids is 1. The van der Waals surface area contributed by atoms with E-state index in [1.165, 1.54) is 34.6 Å². The molecule has 2 unspecified atom stereocenters. The van der Waals surface area contributed by atoms with Crippen molar-refractivity contribution in [2.24, 2.45) is 0 Å². The molecule has 236 valence electrons. The number of pyridine rings is 1. The van der Waals surface area contributed by atoms with Crippen molar-refractivity contribution in [1.29, 1.82) is 0 Å². The maximum absolute atomic E-state index is 15.2. The fourth-order valence-electron chi connectivity index (χ4n) is 5.92. The molecule has 4 aliphatic rings. The van der Waals surface area contributed by atoms with Gasteiger partial charge in [0.2, 0.25) is 11.8 Å². The van der Waals surface area contributed by atoms with Gasteiger partial charge in [0.1, 0.15) is 23.3 Å². The van der Waals surface area contributed by atoms with E-state index in [9.17, 15) is 29.1 Å². The third kappa shape index (κ3) is 6.09. The number of rotatable bonds is 9. The minimum Gasteiger partial charge on any atom is -0.543 e. The average Bonchev–Trinajstić information content (AvgIpc) is 3.69. The number of nitrogens with one attached hydrogen (secondary N) is 3. The Hall–Kier alpha value is -4.50. The number of aromatic nitrogens is 1. The van der Waals surface area contributed by atoms with Gasteiger partial charge in [-0.05, 0) is 43.1 Å². The highest BCUT2D eigenvalue weighted by molar-refractivity contribution is 8.00. The number of hydrogen-bond donors (Lipinski definition) is 3. The van der Waals surface area contributed by atoms with Crippen LogP contribution in [0.5, 0.6) is 0 Å². The number of carbonyl (C=O) groups is 5. The molecule has 0 aliphatic carbocycles. The van der Waals surface area contributed by atoms with Gasteiger partial charge in [-0.1, -0.05) is 0 Å². The maximum Gasteiger partial charge on any atom is 0.414 e. The molecule has 4 aliphatic heterocycles. The van der Waals surface area contributed by atoms with Crippen molar-refractivity contribution in [3.05, 3.63) is 59.8 Å². The smallest absolute Gasteiger partial charge is 0.414 e. The van der Waals surface area contributed by atoms with Gasteiger partial charge >= 0.3 is 6.09 Å². The van der Waals surface area contributed by atoms with Crippen LogP contribution < -0.4 is 30.5 Å². The zero-order valence-electron chi connectivity index (χ0n) is 24.3. The zero-order chi connectivity index (χ0) is 31.8. The number of fused-ring (bicyclic) bond motifs is 1. The van der Waals surface area contributed by atoms with Gasteiger partial charge < -0.3 is 30.6 Å². The Kier molecular flexibility index (Phi) is 8.46. The lowest BCUT2D eigenvalue weighted by Gasteiger charge is -2.50. The minimum absolute atomic E-state index is 0.161. The largest absolute Gasteiger partial charge is 0.543 e. The molecule has 15 heteroatoms. The molecule has 5 heterocycles. The van der Waals surface area contributed by atoms with Gasteiger partial charge in [0.25, 0.3) is 5.91 Å². The van der Waals surface area contributed by atoms with Crippen LogP contribution in [0.25, 0.3) is 11.1 Å². The molecule has 0 saturated carbocycles. The summed E-state index contributed by atoms with van der Waals surface area (Å²) < 4.78 is 22.2. The van der Waals surface area contributed by atoms with E-state index in [1.54, 1.807) is 41.2 Å². The van der Waals surface area contributed by atoms with Gasteiger partial charge in [0, 0.05) is 35.9 Å². The fraction of sp³-hybridized carbons (Fsp3) is 0.400. The summed E-state index contributed by atoms with van der Waals surface area (Å²) in [5.41, 5.74) is 1.47. The van der Waals surface area contributed by atoms with Crippen LogP contribution in [0, 0.1) is 5.82 Å². The number of nitrogens with zero attached hydrogens (tertiary/aromatic N) is 3. The normalized spacial score (nSPS) is 24.2. The molecule has 45 heavy (non-hydrogen) atoms. The molecule has 3 saturated heterocycles. The first kappa shape index (κ1) is 30.5. The molecule has 4 amide bonds. The number of amides is 4. The van der Waals surface area contributed by atoms with Crippen molar-refractivity contribution >= 4 is 47.2 Å². The third-order valence-electron chi connectivity index (χ3n) is 8.21. The Morgan fingerprint density at radius 3 is 2.64 bits per heavy atom. The monoisotopic (exact) mass is 638 g/mol. The number of thioether (sulfide) groups is 1. The molecule has 1 aromatic carbocycles. The Morgan fingerprint density at radius 1 is 1.20 bits per heavy atom. The van der Waals surface area contributed by atoms with Crippen LogP contribution in [0.1, 0.15) is 19.8 Å². The molecule has 6 rings (SSSR count). The van der Waals surface area contributed by atoms with Crippen molar-refractivity contribution in [3.8, 4) is 11.1 Å². The lowest BCUT2D eigenvalue weighted by atomic mass is 10.0. The number of carbonyl (C=O) groups excluding carboxylic acids is 5. The standard InChI is InChI=1S/C30H31FN6O7S/c1-16(38)33-12-20-14-36(30(43)44-20)19-4-5-21(22(31)11-19)17-6-9-35(10-7-17)13-18-15-45-28-24(27(40)37(28)25(18)29(41)42)34-26(39)23-3-2-8-32-23/h4-7,9-11,20,23-24,28,32H,2-3,8,12-15H2,1H3,(H2-,33,34,38,39,41,42)/t20-,23?,24+,28?/m0/s1. The van der Waals surface area contributed by atoms with Crippen LogP contribution >= 0.6 is 11.8 Å². The molecule has 4 atom stereocenters. The summed E-state index contributed by atoms with van der Waals surface area (Å²) in [4.78, 5) is 63.6. The third-order valence-corrected chi connectivity index (χ3v) is 9.55. The van der Waals surface area contributed by atoms with Gasteiger partial charge in [-0.2, -0.15) is 0 Å². The SMILES string of the molecule is CC(=O)NC[C@H]1CN(c2ccc(-c3cc[n+](CC4=C(C(=O)[O-])N5C(=O)[C@@H](NC(=O)C6CCCN6)C5SC4)cc3)c(F)c2)C(=O)O1. The highest BCUT2D eigenvalue weighted by Crippen LogP contribution is 2.40. The number of carboxylic acid groups (broad SMARTS) is 1. The van der Waals surface area contributed by atoms with Gasteiger partial charge in [0.15, 0.2) is 18.9 Å². The Bertz CT molecular complexity index is 1600. The van der Waals surface area contributed by atoms with E-state index >= 15 is 4.39 Å². The molecule has 0 spiro atoms. The molecule has 0 radical (unpaired) electrons. The first-order valence-electron chi connectivity index (χ1n) is 14.5. The average molecular weight is 639 g/mol. The van der Waals surface area contributed by atoms with Gasteiger partial charge in [-0.3, -0.25) is 24.2 Å². The Balaban J connectivity index is 1.12. The van der Waals surface area contributed by atoms with Crippen LogP contribution in [0.4, 0.5) is 14.9 Å². The number of cyclic esters (lactones) is 1. The zero-order valence-corrected chi connectivity index (χ0v) is 25.1. The van der Waals surface area contributed by atoms with Crippen molar-refractivity contribution in [3.63, 3.8) is 0 Å². The summed E-state index contributed by atoms with van der Waals surface area (Å²) in [6, 6.07) is 6.63. The minimum atomic E-state index is -1.46. The van der Waals surface area contributed by atoms with E-state index in [4.69, 9.17) is 4.74 Å². The van der Waals surface area contributed by atoms with Crippen LogP contribution in [-0.2, 0) is 30.5 Å². The lowest BCUT2D eigenvalue weighted by Crippen LogP contribution is -2.72. The second-order valence-corrected chi connectivity index (χ2v) is 12.4. The summed E-state index contributed by atoms with van der Waals surface area (Å²) >= 11 is 1.38. The Labute approximate surface area is 261 Å². The molecule has 3 fully saturated rings. The van der Waals surface area contributed by atoms with Crippen LogP contribution in [0.15, 0.2) is 54.0 Å². The van der Waals surface area contributed by atoms with E-state index in [-0.39, 0.29) is 43.2 Å². The molecule has 3 N–H and O–H groups in total. The first-order valence-corrected chi connectivity index (χ1v) is 15.6. The quantitative estimate of drug-likeness (QED) is 0.240. The fourth-order valence-corrected chi connectivity index (χ4v) is 7.26. The number of ether oxygens (including phenoxy) is 1. The highest BCUT2D eigenvalue weighted by atomic mass is 32.2. The van der Waals surface area contributed by atoms with Crippen LogP contribution in [0.3, 0.4) is 0 Å². The summed E-state index contributed by atoms with van der Waals surface area (Å²) in [6.45, 7) is 2.59. The number of halogens is 1. The van der Waals surface area contributed by atoms with Crippen molar-refractivity contribution < 1.29 is 42.8 Å². The van der Waals surface area contributed by atoms with E-state index in [2.05, 4.69) is 16.0 Å². The number of anilines is 1. The van der Waals surface area contributed by atoms with E-state index in [0.29, 0.717) is 34.6 Å². The highest BCUT2D eigenvalue weighted by Gasteiger charge is 2.53.